The van der Waals surface area contributed by atoms with Crippen LogP contribution in [0.15, 0.2) is 199 Å². The maximum Gasteiger partial charge on any atom is 0.252 e. The lowest BCUT2D eigenvalue weighted by Gasteiger charge is -2.33. The number of hydrogen-bond donors (Lipinski definition) is 7. The van der Waals surface area contributed by atoms with Crippen molar-refractivity contribution in [3.8, 4) is 42.3 Å². The monoisotopic (exact) mass is 1830 g/mol. The number of thiophene rings is 4. The molecule has 14 heterocycles. The van der Waals surface area contributed by atoms with Crippen LogP contribution in [0.4, 0.5) is 46.7 Å². The van der Waals surface area contributed by atoms with Gasteiger partial charge in [0.05, 0.1) is 65.3 Å². The van der Waals surface area contributed by atoms with Gasteiger partial charge in [0.15, 0.2) is 0 Å². The number of hydrogen-bond acceptors (Lipinski definition) is 27. The third kappa shape index (κ3) is 22.0. The fraction of sp³-hybridized carbons (Fsp3) is 0.368. The highest BCUT2D eigenvalue weighted by molar-refractivity contribution is 7.92. The van der Waals surface area contributed by atoms with Gasteiger partial charge in [-0.3, -0.25) is 4.68 Å². The molecule has 3 aromatic carbocycles. The molecule has 7 N–H and O–H groups in total. The third-order valence-electron chi connectivity index (χ3n) is 21.8. The predicted octanol–water partition coefficient (Wildman–Crippen LogP) is 18.0. The molecule has 29 nitrogen and oxygen atoms in total. The summed E-state index contributed by atoms with van der Waals surface area (Å²) in [6.07, 6.45) is 22.0. The standard InChI is InChI=1S/2C23H28N4O3S2.C21H21N5O2S2.C20H26N6O2S2/c1-3-19-9-4-5-14-27(19)32(29,30)22-11-10-21(31-22)20-12-13-24-23(26-20)25-18-8-6-7-17(15-18)16(2)28;1-2-19-5-3-4-15-27(19)32(29,30)22-11-10-21(31-22)20-12-14-24-23(26-20)25-18-8-6-17(7-9-18)13-16-28;27-30(28,26-13-2-1-3-14-26)19-8-7-18(29-19)16-10-12-23-21(24-16)25-17-6-4-5-15-9-11-22-20(15)17;1-14(2)16-13-18(25(3)24-16)23-20-21-10-9-15(22-20)17-7-8-19(29-17)30(27,28)26-11-5-4-6-12-26/h6-8,10-13,15-16,19,28H,3-5,9,14H2,1-2H3,(H,24,25,26);6-12,14,19,28H,2-5,13,15-16H2,1H3,(H,24,25,26);4-12,22H,1-3,13-14H2,(H,23,24,25);7-10,13-14H,4-6,11-12H2,1-3H3,(H,21,22,23). The Hall–Kier alpha value is -9.71. The fourth-order valence-corrected chi connectivity index (χ4v) is 27.3. The molecule has 13 aromatic rings. The van der Waals surface area contributed by atoms with Crippen molar-refractivity contribution < 1.29 is 43.9 Å². The van der Waals surface area contributed by atoms with Gasteiger partial charge in [0.1, 0.15) is 22.7 Å². The summed E-state index contributed by atoms with van der Waals surface area (Å²) in [6, 6.07) is 46.4. The number of benzene rings is 3. The van der Waals surface area contributed by atoms with Crippen molar-refractivity contribution in [2.45, 2.75) is 172 Å². The highest BCUT2D eigenvalue weighted by Crippen LogP contribution is 2.40. The molecule has 37 heteroatoms. The molecule has 654 valence electrons. The zero-order chi connectivity index (χ0) is 87.1. The van der Waals surface area contributed by atoms with Gasteiger partial charge >= 0.3 is 0 Å². The number of piperidine rings is 4. The molecule has 0 bridgehead atoms. The molecule has 10 aromatic heterocycles. The van der Waals surface area contributed by atoms with Gasteiger partial charge in [-0.2, -0.15) is 22.3 Å². The number of rotatable bonds is 26. The van der Waals surface area contributed by atoms with Crippen molar-refractivity contribution in [1.29, 1.82) is 0 Å². The van der Waals surface area contributed by atoms with E-state index in [1.54, 1.807) is 102 Å². The van der Waals surface area contributed by atoms with Gasteiger partial charge in [0.25, 0.3) is 40.1 Å². The second-order valence-electron chi connectivity index (χ2n) is 30.8. The van der Waals surface area contributed by atoms with E-state index in [1.165, 1.54) is 45.3 Å². The molecular weight excluding hydrogens is 1730 g/mol. The minimum atomic E-state index is -3.51. The Bertz CT molecular complexity index is 6240. The van der Waals surface area contributed by atoms with Crippen LogP contribution in [0.3, 0.4) is 0 Å². The van der Waals surface area contributed by atoms with Gasteiger partial charge in [0.2, 0.25) is 23.8 Å². The average Bonchev–Trinajstić information content (AvgIpc) is 1.74. The molecule has 4 aliphatic heterocycles. The van der Waals surface area contributed by atoms with Gasteiger partial charge in [-0.1, -0.05) is 89.8 Å². The first-order valence-electron chi connectivity index (χ1n) is 41.8. The maximum atomic E-state index is 13.3. The van der Waals surface area contributed by atoms with Gasteiger partial charge in [-0.15, -0.1) is 45.3 Å². The van der Waals surface area contributed by atoms with E-state index in [-0.39, 0.29) is 18.7 Å². The second-order valence-corrected chi connectivity index (χ2v) is 43.7. The van der Waals surface area contributed by atoms with Crippen LogP contribution in [0.2, 0.25) is 0 Å². The number of aromatic amines is 1. The van der Waals surface area contributed by atoms with Crippen molar-refractivity contribution in [3.63, 3.8) is 0 Å². The largest absolute Gasteiger partial charge is 0.396 e. The third-order valence-corrected chi connectivity index (χ3v) is 35.8. The predicted molar refractivity (Wildman–Crippen MR) is 493 cm³/mol. The van der Waals surface area contributed by atoms with Crippen LogP contribution in [0.25, 0.3) is 53.2 Å². The smallest absolute Gasteiger partial charge is 0.252 e. The van der Waals surface area contributed by atoms with Crippen molar-refractivity contribution in [2.75, 3.05) is 67.1 Å². The van der Waals surface area contributed by atoms with Crippen LogP contribution in [0, 0.1) is 0 Å². The molecular formula is C87H103N19O10S8. The van der Waals surface area contributed by atoms with Gasteiger partial charge in [0, 0.05) is 119 Å². The summed E-state index contributed by atoms with van der Waals surface area (Å²) in [5.74, 6) is 2.88. The topological polar surface area (TPSA) is 375 Å². The average molecular weight is 1830 g/mol. The zero-order valence-corrected chi connectivity index (χ0v) is 76.4. The van der Waals surface area contributed by atoms with E-state index in [4.69, 9.17) is 5.11 Å². The molecule has 0 radical (unpaired) electrons. The van der Waals surface area contributed by atoms with E-state index in [2.05, 4.69) is 85.1 Å². The van der Waals surface area contributed by atoms with E-state index in [0.29, 0.717) is 115 Å². The van der Waals surface area contributed by atoms with E-state index >= 15 is 0 Å². The molecule has 0 aliphatic carbocycles. The Morgan fingerprint density at radius 3 is 1.32 bits per heavy atom. The maximum absolute atomic E-state index is 13.3. The number of fused-ring (bicyclic) bond motifs is 1. The number of aliphatic hydroxyl groups is 2. The molecule has 0 amide bonds. The number of aliphatic hydroxyl groups excluding tert-OH is 2. The molecule has 124 heavy (non-hydrogen) atoms. The van der Waals surface area contributed by atoms with E-state index in [0.717, 1.165) is 160 Å². The lowest BCUT2D eigenvalue weighted by atomic mass is 10.0. The molecule has 0 saturated carbocycles. The molecule has 17 rings (SSSR count). The summed E-state index contributed by atoms with van der Waals surface area (Å²) < 4.78 is 114. The number of aromatic nitrogens is 11. The van der Waals surface area contributed by atoms with Crippen molar-refractivity contribution >= 4 is 143 Å². The van der Waals surface area contributed by atoms with Crippen LogP contribution < -0.4 is 21.3 Å². The SMILES string of the molecule is CC(C)c1cc(Nc2nccc(-c3ccc(S(=O)(=O)N4CCCCC4)s3)n2)n(C)n1.CCC1CCCCN1S(=O)(=O)c1ccc(-c2ccnc(Nc3ccc(CCO)cc3)n2)s1.CCC1CCCCN1S(=O)(=O)c1ccc(-c2ccnc(Nc3cccc(C(C)O)c3)n2)s1.O=S(=O)(c1ccc(-c2ccnc(Nc3cccc4cc[nH]c34)n2)s1)N1CCCCC1. The number of nitrogens with one attached hydrogen (secondary N) is 5. The number of sulfonamides is 4. The Labute approximate surface area is 740 Å². The second kappa shape index (κ2) is 41.2. The first kappa shape index (κ1) is 90.5. The van der Waals surface area contributed by atoms with Gasteiger partial charge in [-0.25, -0.2) is 73.5 Å². The van der Waals surface area contributed by atoms with E-state index in [1.807, 2.05) is 130 Å². The Balaban J connectivity index is 0.000000135. The van der Waals surface area contributed by atoms with E-state index in [9.17, 15) is 38.8 Å². The van der Waals surface area contributed by atoms with Crippen LogP contribution in [0.5, 0.6) is 0 Å². The van der Waals surface area contributed by atoms with Crippen LogP contribution in [-0.4, -0.2) is 174 Å². The molecule has 0 spiro atoms. The summed E-state index contributed by atoms with van der Waals surface area (Å²) in [5.41, 5.74) is 9.03. The zero-order valence-electron chi connectivity index (χ0n) is 69.9. The number of H-pyrrole nitrogens is 1. The normalized spacial score (nSPS) is 16.8. The summed E-state index contributed by atoms with van der Waals surface area (Å²) in [6.45, 7) is 13.7. The highest BCUT2D eigenvalue weighted by Gasteiger charge is 2.36. The molecule has 4 fully saturated rings. The van der Waals surface area contributed by atoms with Crippen molar-refractivity contribution in [1.82, 2.24) is 71.9 Å². The number of para-hydroxylation sites is 1. The number of aryl methyl sites for hydroxylation is 1. The van der Waals surface area contributed by atoms with Crippen LogP contribution in [0.1, 0.15) is 153 Å². The Kier molecular flexibility index (Phi) is 30.1. The minimum Gasteiger partial charge on any atom is -0.396 e. The summed E-state index contributed by atoms with van der Waals surface area (Å²) in [4.78, 5) is 41.9. The van der Waals surface area contributed by atoms with Crippen molar-refractivity contribution in [2.24, 2.45) is 7.05 Å². The molecule has 3 atom stereocenters. The minimum absolute atomic E-state index is 0.0755. The highest BCUT2D eigenvalue weighted by atomic mass is 32.3. The quantitative estimate of drug-likeness (QED) is 0.0265. The Morgan fingerprint density at radius 1 is 0.460 bits per heavy atom. The van der Waals surface area contributed by atoms with Gasteiger partial charge < -0.3 is 36.5 Å². The lowest BCUT2D eigenvalue weighted by molar-refractivity contribution is 0.199. The van der Waals surface area contributed by atoms with E-state index < -0.39 is 46.2 Å². The summed E-state index contributed by atoms with van der Waals surface area (Å²) in [7, 11) is -12.0. The first-order valence-corrected chi connectivity index (χ1v) is 50.8. The summed E-state index contributed by atoms with van der Waals surface area (Å²) >= 11 is 4.99. The van der Waals surface area contributed by atoms with Crippen LogP contribution >= 0.6 is 45.3 Å². The van der Waals surface area contributed by atoms with Crippen molar-refractivity contribution in [3.05, 3.63) is 199 Å². The number of anilines is 8. The molecule has 3 unspecified atom stereocenters. The summed E-state index contributed by atoms with van der Waals surface area (Å²) in [5, 5.41) is 37.2. The Morgan fingerprint density at radius 2 is 0.887 bits per heavy atom. The molecule has 4 aliphatic rings. The lowest BCUT2D eigenvalue weighted by Crippen LogP contribution is -2.42. The first-order chi connectivity index (χ1) is 59.8. The molecule has 4 saturated heterocycles. The number of nitrogens with zero attached hydrogens (tertiary/aromatic N) is 14. The van der Waals surface area contributed by atoms with Crippen LogP contribution in [-0.2, 0) is 53.6 Å². The fourth-order valence-electron chi connectivity index (χ4n) is 15.0. The van der Waals surface area contributed by atoms with Gasteiger partial charge in [-0.05, 0) is 204 Å².